The first-order valence-corrected chi connectivity index (χ1v) is 14.7. The van der Waals surface area contributed by atoms with Crippen LogP contribution in [0.5, 0.6) is 11.5 Å². The average Bonchev–Trinajstić information content (AvgIpc) is 3.69. The number of thioether (sulfide) groups is 1. The number of hydrogen-bond acceptors (Lipinski definition) is 8. The molecule has 6 rings (SSSR count). The first kappa shape index (κ1) is 28.1. The van der Waals surface area contributed by atoms with E-state index in [0.29, 0.717) is 33.7 Å². The van der Waals surface area contributed by atoms with Crippen molar-refractivity contribution in [1.29, 1.82) is 0 Å². The Labute approximate surface area is 253 Å². The maximum atomic E-state index is 13.8. The second-order valence-corrected chi connectivity index (χ2v) is 10.8. The molecule has 0 unspecified atom stereocenters. The van der Waals surface area contributed by atoms with Gasteiger partial charge in [0.15, 0.2) is 5.17 Å². The van der Waals surface area contributed by atoms with Gasteiger partial charge in [-0.1, -0.05) is 72.4 Å². The molecule has 0 fully saturated rings. The molecular weight excluding hydrogens is 562 g/mol. The van der Waals surface area contributed by atoms with Crippen molar-refractivity contribution in [1.82, 2.24) is 10.2 Å². The third-order valence-electron chi connectivity index (χ3n) is 6.97. The molecule has 43 heavy (non-hydrogen) atoms. The maximum Gasteiger partial charge on any atom is 0.338 e. The molecule has 4 aromatic rings. The Bertz CT molecular complexity index is 1700. The number of nitrogens with zero attached hydrogens (tertiary/aromatic N) is 2. The Morgan fingerprint density at radius 3 is 2.49 bits per heavy atom. The lowest BCUT2D eigenvalue weighted by atomic mass is 9.93. The van der Waals surface area contributed by atoms with Crippen molar-refractivity contribution in [2.75, 3.05) is 0 Å². The van der Waals surface area contributed by atoms with E-state index in [2.05, 4.69) is 5.32 Å². The zero-order chi connectivity index (χ0) is 29.6. The average molecular weight is 592 g/mol. The Hall–Kier alpha value is -5.02. The number of carbonyl (C=O) groups excluding carboxylic acids is 2. The van der Waals surface area contributed by atoms with Crippen LogP contribution in [0.3, 0.4) is 0 Å². The summed E-state index contributed by atoms with van der Waals surface area (Å²) in [6.45, 7) is 2.23. The van der Waals surface area contributed by atoms with Crippen LogP contribution in [0.4, 0.5) is 0 Å². The number of amidine groups is 1. The Morgan fingerprint density at radius 1 is 0.953 bits per heavy atom. The fourth-order valence-electron chi connectivity index (χ4n) is 4.95. The quantitative estimate of drug-likeness (QED) is 0.197. The molecule has 2 aliphatic heterocycles. The number of para-hydroxylation sites is 1. The Morgan fingerprint density at radius 2 is 1.72 bits per heavy atom. The highest BCUT2D eigenvalue weighted by Crippen LogP contribution is 2.45. The third-order valence-corrected chi connectivity index (χ3v) is 7.86. The summed E-state index contributed by atoms with van der Waals surface area (Å²) >= 11 is 1.42. The third kappa shape index (κ3) is 6.57. The second kappa shape index (κ2) is 12.9. The van der Waals surface area contributed by atoms with E-state index in [1.807, 2.05) is 108 Å². The highest BCUT2D eigenvalue weighted by atomic mass is 32.2. The van der Waals surface area contributed by atoms with Gasteiger partial charge in [0.05, 0.1) is 36.5 Å². The molecular formula is C34H29N3O5S. The summed E-state index contributed by atoms with van der Waals surface area (Å²) in [4.78, 5) is 33.5. The van der Waals surface area contributed by atoms with Crippen molar-refractivity contribution in [3.63, 3.8) is 0 Å². The lowest BCUT2D eigenvalue weighted by Gasteiger charge is -2.36. The van der Waals surface area contributed by atoms with Crippen LogP contribution in [0.2, 0.25) is 0 Å². The van der Waals surface area contributed by atoms with Gasteiger partial charge in [0.1, 0.15) is 23.9 Å². The molecule has 1 N–H and O–H groups in total. The van der Waals surface area contributed by atoms with Crippen LogP contribution in [-0.4, -0.2) is 21.9 Å². The number of fused-ring (bicyclic) bond motifs is 1. The molecule has 0 radical (unpaired) electrons. The van der Waals surface area contributed by atoms with Crippen LogP contribution >= 0.6 is 11.8 Å². The lowest BCUT2D eigenvalue weighted by molar-refractivity contribution is -0.141. The second-order valence-electron chi connectivity index (χ2n) is 9.98. The molecule has 0 saturated heterocycles. The van der Waals surface area contributed by atoms with E-state index in [4.69, 9.17) is 18.9 Å². The Balaban J connectivity index is 1.30. The zero-order valence-electron chi connectivity index (χ0n) is 23.4. The van der Waals surface area contributed by atoms with Crippen molar-refractivity contribution in [3.8, 4) is 11.5 Å². The zero-order valence-corrected chi connectivity index (χ0v) is 24.3. The number of allylic oxidation sites excluding steroid dienone is 1. The van der Waals surface area contributed by atoms with Crippen LogP contribution < -0.4 is 10.1 Å². The number of rotatable bonds is 10. The van der Waals surface area contributed by atoms with E-state index < -0.39 is 12.0 Å². The summed E-state index contributed by atoms with van der Waals surface area (Å²) < 4.78 is 17.3. The molecule has 0 bridgehead atoms. The minimum atomic E-state index is -0.589. The summed E-state index contributed by atoms with van der Waals surface area (Å²) in [5.74, 6) is 1.34. The monoisotopic (exact) mass is 591 g/mol. The minimum absolute atomic E-state index is 0.0921. The van der Waals surface area contributed by atoms with Crippen molar-refractivity contribution in [3.05, 3.63) is 143 Å². The molecule has 3 aromatic carbocycles. The summed E-state index contributed by atoms with van der Waals surface area (Å²) in [6.07, 6.45) is 1.66. The van der Waals surface area contributed by atoms with Gasteiger partial charge >= 0.3 is 5.97 Å². The fraction of sp³-hybridized carbons (Fsp3) is 0.147. The van der Waals surface area contributed by atoms with E-state index in [0.717, 1.165) is 16.8 Å². The molecule has 9 heteroatoms. The molecule has 0 spiro atoms. The van der Waals surface area contributed by atoms with Crippen LogP contribution in [0.15, 0.2) is 135 Å². The van der Waals surface area contributed by atoms with Gasteiger partial charge in [-0.25, -0.2) is 9.79 Å². The molecule has 1 atom stereocenters. The van der Waals surface area contributed by atoms with Gasteiger partial charge in [0, 0.05) is 5.70 Å². The van der Waals surface area contributed by atoms with Crippen molar-refractivity contribution >= 4 is 28.8 Å². The standard InChI is InChI=1S/C34H29N3O5S/c1-23-31(33(39)41-21-24-10-4-2-5-11-24)32(25-12-8-15-28(18-25)42-27-13-6-3-7-14-27)37-26(22-43-34(37)36-23)19-30(38)35-20-29-16-9-17-40-29/h2-18,22,32H,19-21H2,1H3,(H,35,38)/t32-/m0/s1. The number of benzene rings is 3. The van der Waals surface area contributed by atoms with Crippen molar-refractivity contribution in [2.45, 2.75) is 32.5 Å². The lowest BCUT2D eigenvalue weighted by Crippen LogP contribution is -2.38. The number of carbonyl (C=O) groups is 2. The molecule has 2 aliphatic rings. The summed E-state index contributed by atoms with van der Waals surface area (Å²) in [5, 5.41) is 5.50. The van der Waals surface area contributed by atoms with E-state index in [1.165, 1.54) is 11.8 Å². The molecule has 216 valence electrons. The van der Waals surface area contributed by atoms with Crippen LogP contribution in [0.25, 0.3) is 0 Å². The molecule has 3 heterocycles. The van der Waals surface area contributed by atoms with Gasteiger partial charge in [-0.05, 0) is 59.9 Å². The van der Waals surface area contributed by atoms with Gasteiger partial charge in [0.25, 0.3) is 0 Å². The molecule has 1 amide bonds. The van der Waals surface area contributed by atoms with E-state index in [1.54, 1.807) is 12.3 Å². The molecule has 1 aromatic heterocycles. The smallest absolute Gasteiger partial charge is 0.338 e. The SMILES string of the molecule is CC1=C(C(=O)OCc2ccccc2)[C@H](c2cccc(Oc3ccccc3)c2)N2C(CC(=O)NCc3ccco3)=CSC2=N1. The van der Waals surface area contributed by atoms with E-state index in [-0.39, 0.29) is 25.5 Å². The van der Waals surface area contributed by atoms with Gasteiger partial charge in [0.2, 0.25) is 5.91 Å². The molecule has 0 saturated carbocycles. The summed E-state index contributed by atoms with van der Waals surface area (Å²) in [7, 11) is 0. The first-order valence-electron chi connectivity index (χ1n) is 13.8. The number of amides is 1. The van der Waals surface area contributed by atoms with Gasteiger partial charge in [-0.15, -0.1) is 0 Å². The highest BCUT2D eigenvalue weighted by Gasteiger charge is 2.41. The predicted octanol–water partition coefficient (Wildman–Crippen LogP) is 7.10. The number of furan rings is 1. The number of aliphatic imine (C=N–C) groups is 1. The highest BCUT2D eigenvalue weighted by molar-refractivity contribution is 8.16. The number of ether oxygens (including phenoxy) is 2. The number of hydrogen-bond donors (Lipinski definition) is 1. The Kier molecular flexibility index (Phi) is 8.42. The van der Waals surface area contributed by atoms with Gasteiger partial charge in [-0.2, -0.15) is 0 Å². The van der Waals surface area contributed by atoms with E-state index >= 15 is 0 Å². The van der Waals surface area contributed by atoms with Gasteiger partial charge < -0.3 is 24.1 Å². The fourth-order valence-corrected chi connectivity index (χ4v) is 5.91. The minimum Gasteiger partial charge on any atom is -0.467 e. The first-order chi connectivity index (χ1) is 21.0. The van der Waals surface area contributed by atoms with Crippen molar-refractivity contribution < 1.29 is 23.5 Å². The topological polar surface area (TPSA) is 93.4 Å². The largest absolute Gasteiger partial charge is 0.467 e. The van der Waals surface area contributed by atoms with E-state index in [9.17, 15) is 9.59 Å². The van der Waals surface area contributed by atoms with Gasteiger partial charge in [-0.3, -0.25) is 4.79 Å². The summed E-state index contributed by atoms with van der Waals surface area (Å²) in [6, 6.07) is 29.7. The van der Waals surface area contributed by atoms with Crippen LogP contribution in [0, 0.1) is 0 Å². The normalized spacial score (nSPS) is 15.8. The number of esters is 1. The van der Waals surface area contributed by atoms with Crippen LogP contribution in [-0.2, 0) is 27.5 Å². The molecule has 0 aliphatic carbocycles. The van der Waals surface area contributed by atoms with Crippen molar-refractivity contribution in [2.24, 2.45) is 4.99 Å². The van der Waals surface area contributed by atoms with Crippen LogP contribution in [0.1, 0.15) is 36.3 Å². The predicted molar refractivity (Wildman–Crippen MR) is 165 cm³/mol. The molecule has 8 nitrogen and oxygen atoms in total. The number of nitrogens with one attached hydrogen (secondary N) is 1. The maximum absolute atomic E-state index is 13.8. The summed E-state index contributed by atoms with van der Waals surface area (Å²) in [5.41, 5.74) is 3.38.